The van der Waals surface area contributed by atoms with Crippen LogP contribution in [0.2, 0.25) is 11.6 Å². The van der Waals surface area contributed by atoms with E-state index in [1.165, 1.54) is 24.8 Å². The minimum Gasteiger partial charge on any atom is -0.0651 e. The smallest absolute Gasteiger partial charge is 0.0651 e. The summed E-state index contributed by atoms with van der Waals surface area (Å²) in [6.45, 7) is 16.8. The lowest BCUT2D eigenvalue weighted by atomic mass is 9.82. The largest absolute Gasteiger partial charge is 0.120 e. The lowest BCUT2D eigenvalue weighted by Gasteiger charge is -2.45. The van der Waals surface area contributed by atoms with E-state index in [2.05, 4.69) is 103 Å². The minimum atomic E-state index is -1.85. The Kier molecular flexibility index (Phi) is 5.99. The Morgan fingerprint density at radius 1 is 0.680 bits per heavy atom. The quantitative estimate of drug-likeness (QED) is 0.524. The standard InChI is InChI=1S/C24H36Si/c1-8-23(4,5)20-16-18-22(19-17-20)25(7,24(6,9-2)10-3)21-14-12-11-13-15-21/h11-19H,8-10H2,1-7H3. The second-order valence-corrected chi connectivity index (χ2v) is 13.2. The maximum atomic E-state index is 2.58. The highest BCUT2D eigenvalue weighted by molar-refractivity contribution is 7.03. The van der Waals surface area contributed by atoms with Gasteiger partial charge in [0, 0.05) is 0 Å². The molecule has 0 aliphatic heterocycles. The van der Waals surface area contributed by atoms with Gasteiger partial charge in [0.05, 0.1) is 0 Å². The first kappa shape index (κ1) is 20.0. The van der Waals surface area contributed by atoms with Gasteiger partial charge < -0.3 is 0 Å². The SMILES string of the molecule is CCC(C)(C)c1ccc([Si](C)(c2ccccc2)C(C)(CC)CC)cc1. The Morgan fingerprint density at radius 2 is 1.16 bits per heavy atom. The molecule has 0 aliphatic rings. The third-order valence-electron chi connectivity index (χ3n) is 7.25. The number of rotatable bonds is 7. The molecule has 2 rings (SSSR count). The Bertz CT molecular complexity index is 665. The first-order valence-electron chi connectivity index (χ1n) is 9.91. The molecule has 1 heteroatoms. The summed E-state index contributed by atoms with van der Waals surface area (Å²) in [6.07, 6.45) is 3.62. The van der Waals surface area contributed by atoms with E-state index in [0.29, 0.717) is 5.04 Å². The van der Waals surface area contributed by atoms with Crippen molar-refractivity contribution < 1.29 is 0 Å². The average molecular weight is 353 g/mol. The van der Waals surface area contributed by atoms with Crippen LogP contribution < -0.4 is 10.4 Å². The first-order valence-corrected chi connectivity index (χ1v) is 12.4. The molecular formula is C24H36Si. The third kappa shape index (κ3) is 3.49. The molecule has 2 aromatic carbocycles. The van der Waals surface area contributed by atoms with E-state index in [1.807, 2.05) is 0 Å². The molecule has 0 aromatic heterocycles. The van der Waals surface area contributed by atoms with Crippen molar-refractivity contribution in [3.8, 4) is 0 Å². The molecule has 25 heavy (non-hydrogen) atoms. The van der Waals surface area contributed by atoms with Gasteiger partial charge >= 0.3 is 0 Å². The Balaban J connectivity index is 2.62. The molecule has 0 fully saturated rings. The van der Waals surface area contributed by atoms with Crippen molar-refractivity contribution in [2.24, 2.45) is 0 Å². The predicted molar refractivity (Wildman–Crippen MR) is 116 cm³/mol. The summed E-state index contributed by atoms with van der Waals surface area (Å²) in [5.74, 6) is 0. The van der Waals surface area contributed by atoms with Crippen LogP contribution in [0.25, 0.3) is 0 Å². The first-order chi connectivity index (χ1) is 11.7. The maximum absolute atomic E-state index is 2.58. The second kappa shape index (κ2) is 7.49. The summed E-state index contributed by atoms with van der Waals surface area (Å²) >= 11 is 0. The van der Waals surface area contributed by atoms with Crippen LogP contribution in [0.3, 0.4) is 0 Å². The second-order valence-electron chi connectivity index (χ2n) is 8.57. The molecule has 0 nitrogen and oxygen atoms in total. The van der Waals surface area contributed by atoms with Crippen molar-refractivity contribution in [2.45, 2.75) is 77.8 Å². The lowest BCUT2D eigenvalue weighted by Crippen LogP contribution is -2.63. The van der Waals surface area contributed by atoms with Crippen molar-refractivity contribution in [2.75, 3.05) is 0 Å². The zero-order valence-corrected chi connectivity index (χ0v) is 18.3. The van der Waals surface area contributed by atoms with Gasteiger partial charge in [-0.2, -0.15) is 0 Å². The maximum Gasteiger partial charge on any atom is 0.120 e. The van der Waals surface area contributed by atoms with E-state index < -0.39 is 8.07 Å². The summed E-state index contributed by atoms with van der Waals surface area (Å²) in [6, 6.07) is 20.9. The van der Waals surface area contributed by atoms with Crippen LogP contribution in [0.1, 0.15) is 66.4 Å². The van der Waals surface area contributed by atoms with Gasteiger partial charge in [-0.25, -0.2) is 0 Å². The number of hydrogen-bond acceptors (Lipinski definition) is 0. The van der Waals surface area contributed by atoms with Crippen molar-refractivity contribution in [3.63, 3.8) is 0 Å². The highest BCUT2D eigenvalue weighted by Gasteiger charge is 2.46. The molecule has 0 saturated heterocycles. The fraction of sp³-hybridized carbons (Fsp3) is 0.500. The topological polar surface area (TPSA) is 0 Å². The van der Waals surface area contributed by atoms with Gasteiger partial charge in [-0.15, -0.1) is 0 Å². The highest BCUT2D eigenvalue weighted by Crippen LogP contribution is 2.43. The Morgan fingerprint density at radius 3 is 1.60 bits per heavy atom. The summed E-state index contributed by atoms with van der Waals surface area (Å²) in [5, 5.41) is 3.49. The van der Waals surface area contributed by atoms with E-state index in [4.69, 9.17) is 0 Å². The molecule has 136 valence electrons. The summed E-state index contributed by atoms with van der Waals surface area (Å²) < 4.78 is 0. The van der Waals surface area contributed by atoms with Gasteiger partial charge in [-0.3, -0.25) is 0 Å². The van der Waals surface area contributed by atoms with Crippen LogP contribution in [0.15, 0.2) is 54.6 Å². The molecule has 0 N–H and O–H groups in total. The lowest BCUT2D eigenvalue weighted by molar-refractivity contribution is 0.506. The van der Waals surface area contributed by atoms with Crippen molar-refractivity contribution >= 4 is 18.4 Å². The molecule has 2 aromatic rings. The molecule has 0 saturated carbocycles. The van der Waals surface area contributed by atoms with Gasteiger partial charge in [0.2, 0.25) is 0 Å². The Labute approximate surface area is 156 Å². The van der Waals surface area contributed by atoms with Crippen LogP contribution in [0, 0.1) is 0 Å². The summed E-state index contributed by atoms with van der Waals surface area (Å²) in [5.41, 5.74) is 1.71. The number of benzene rings is 2. The number of hydrogen-bond donors (Lipinski definition) is 0. The third-order valence-corrected chi connectivity index (χ3v) is 13.3. The fourth-order valence-electron chi connectivity index (χ4n) is 4.05. The van der Waals surface area contributed by atoms with Crippen molar-refractivity contribution in [1.82, 2.24) is 0 Å². The average Bonchev–Trinajstić information content (AvgIpc) is 2.67. The Hall–Kier alpha value is -1.34. The van der Waals surface area contributed by atoms with Crippen LogP contribution in [-0.2, 0) is 5.41 Å². The van der Waals surface area contributed by atoms with Crippen molar-refractivity contribution in [1.29, 1.82) is 0 Å². The molecule has 0 spiro atoms. The molecule has 0 amide bonds. The van der Waals surface area contributed by atoms with Gasteiger partial charge in [0.25, 0.3) is 0 Å². The molecule has 1 unspecified atom stereocenters. The molecule has 0 heterocycles. The van der Waals surface area contributed by atoms with Crippen LogP contribution in [0.5, 0.6) is 0 Å². The molecule has 0 radical (unpaired) electrons. The van der Waals surface area contributed by atoms with Crippen LogP contribution >= 0.6 is 0 Å². The minimum absolute atomic E-state index is 0.252. The van der Waals surface area contributed by atoms with Crippen LogP contribution in [-0.4, -0.2) is 8.07 Å². The van der Waals surface area contributed by atoms with Crippen molar-refractivity contribution in [3.05, 3.63) is 60.2 Å². The zero-order chi connectivity index (χ0) is 18.7. The normalized spacial score (nSPS) is 15.0. The molecule has 1 atom stereocenters. The summed E-state index contributed by atoms with van der Waals surface area (Å²) in [7, 11) is -1.85. The van der Waals surface area contributed by atoms with Gasteiger partial charge in [0.1, 0.15) is 8.07 Å². The summed E-state index contributed by atoms with van der Waals surface area (Å²) in [4.78, 5) is 0. The highest BCUT2D eigenvalue weighted by atomic mass is 28.3. The van der Waals surface area contributed by atoms with E-state index >= 15 is 0 Å². The van der Waals surface area contributed by atoms with E-state index in [9.17, 15) is 0 Å². The van der Waals surface area contributed by atoms with Gasteiger partial charge in [0.15, 0.2) is 0 Å². The molecule has 0 bridgehead atoms. The van der Waals surface area contributed by atoms with E-state index in [0.717, 1.165) is 0 Å². The molecular weight excluding hydrogens is 316 g/mol. The monoisotopic (exact) mass is 352 g/mol. The predicted octanol–water partition coefficient (Wildman–Crippen LogP) is 6.15. The fourth-order valence-corrected chi connectivity index (χ4v) is 8.88. The van der Waals surface area contributed by atoms with E-state index in [1.54, 1.807) is 10.4 Å². The van der Waals surface area contributed by atoms with Gasteiger partial charge in [-0.1, -0.05) is 126 Å². The molecule has 0 aliphatic carbocycles. The zero-order valence-electron chi connectivity index (χ0n) is 17.3. The van der Waals surface area contributed by atoms with Gasteiger partial charge in [-0.05, 0) is 22.4 Å². The van der Waals surface area contributed by atoms with E-state index in [-0.39, 0.29) is 5.41 Å². The van der Waals surface area contributed by atoms with Crippen LogP contribution in [0.4, 0.5) is 0 Å².